The first-order chi connectivity index (χ1) is 8.61. The fraction of sp³-hybridized carbons (Fsp3) is 0.231. The van der Waals surface area contributed by atoms with Crippen molar-refractivity contribution < 1.29 is 9.53 Å². The molecule has 0 aliphatic heterocycles. The summed E-state index contributed by atoms with van der Waals surface area (Å²) in [5.41, 5.74) is 8.45. The van der Waals surface area contributed by atoms with Crippen molar-refractivity contribution in [3.8, 4) is 11.3 Å². The number of nitrogens with zero attached hydrogens (tertiary/aromatic N) is 2. The molecule has 0 bridgehead atoms. The maximum Gasteiger partial charge on any atom is 0.358 e. The Hall–Kier alpha value is -2.30. The van der Waals surface area contributed by atoms with E-state index in [1.165, 1.54) is 0 Å². The first-order valence-corrected chi connectivity index (χ1v) is 5.69. The fourth-order valence-electron chi connectivity index (χ4n) is 1.70. The zero-order valence-electron chi connectivity index (χ0n) is 10.4. The van der Waals surface area contributed by atoms with Gasteiger partial charge in [-0.2, -0.15) is 5.10 Å². The third-order valence-corrected chi connectivity index (χ3v) is 2.57. The van der Waals surface area contributed by atoms with Gasteiger partial charge in [0, 0.05) is 12.7 Å². The molecule has 0 amide bonds. The lowest BCUT2D eigenvalue weighted by molar-refractivity contribution is 0.0518. The molecule has 5 heteroatoms. The number of benzene rings is 1. The van der Waals surface area contributed by atoms with Gasteiger partial charge in [0.05, 0.1) is 12.3 Å². The largest absolute Gasteiger partial charge is 0.461 e. The van der Waals surface area contributed by atoms with Gasteiger partial charge in [0.15, 0.2) is 5.69 Å². The van der Waals surface area contributed by atoms with Crippen molar-refractivity contribution in [3.05, 3.63) is 36.0 Å². The maximum atomic E-state index is 11.6. The highest BCUT2D eigenvalue weighted by atomic mass is 16.5. The van der Waals surface area contributed by atoms with E-state index in [1.807, 2.05) is 24.3 Å². The van der Waals surface area contributed by atoms with Gasteiger partial charge in [-0.05, 0) is 30.7 Å². The number of hydrogen-bond acceptors (Lipinski definition) is 4. The van der Waals surface area contributed by atoms with Crippen molar-refractivity contribution in [3.63, 3.8) is 0 Å². The van der Waals surface area contributed by atoms with Gasteiger partial charge in [0.1, 0.15) is 0 Å². The number of ether oxygens (including phenoxy) is 1. The van der Waals surface area contributed by atoms with Crippen LogP contribution in [0.1, 0.15) is 17.4 Å². The number of carbonyl (C=O) groups excluding carboxylic acids is 1. The van der Waals surface area contributed by atoms with Crippen LogP contribution in [0.15, 0.2) is 30.3 Å². The molecule has 5 nitrogen and oxygen atoms in total. The quantitative estimate of drug-likeness (QED) is 0.661. The summed E-state index contributed by atoms with van der Waals surface area (Å²) in [5, 5.41) is 4.14. The SMILES string of the molecule is CCOC(=O)c1cc(-c2ccc(N)cc2)n(C)n1. The molecule has 0 aliphatic carbocycles. The van der Waals surface area contributed by atoms with Crippen LogP contribution >= 0.6 is 0 Å². The van der Waals surface area contributed by atoms with Crippen LogP contribution in [0.2, 0.25) is 0 Å². The highest BCUT2D eigenvalue weighted by Gasteiger charge is 2.14. The number of nitrogen functional groups attached to an aromatic ring is 1. The zero-order chi connectivity index (χ0) is 13.1. The molecule has 2 aromatic rings. The van der Waals surface area contributed by atoms with E-state index in [1.54, 1.807) is 24.7 Å². The molecule has 94 valence electrons. The topological polar surface area (TPSA) is 70.1 Å². The van der Waals surface area contributed by atoms with Crippen LogP contribution in [-0.2, 0) is 11.8 Å². The van der Waals surface area contributed by atoms with Gasteiger partial charge < -0.3 is 10.5 Å². The first-order valence-electron chi connectivity index (χ1n) is 5.69. The van der Waals surface area contributed by atoms with E-state index in [0.717, 1.165) is 11.3 Å². The summed E-state index contributed by atoms with van der Waals surface area (Å²) < 4.78 is 6.57. The van der Waals surface area contributed by atoms with Gasteiger partial charge in [-0.25, -0.2) is 4.79 Å². The van der Waals surface area contributed by atoms with Crippen LogP contribution < -0.4 is 5.73 Å². The van der Waals surface area contributed by atoms with Gasteiger partial charge >= 0.3 is 5.97 Å². The molecule has 0 unspecified atom stereocenters. The van der Waals surface area contributed by atoms with E-state index < -0.39 is 5.97 Å². The molecule has 0 aliphatic rings. The van der Waals surface area contributed by atoms with Gasteiger partial charge in [0.25, 0.3) is 0 Å². The Kier molecular flexibility index (Phi) is 3.32. The molecule has 0 saturated heterocycles. The number of aromatic nitrogens is 2. The fourth-order valence-corrected chi connectivity index (χ4v) is 1.70. The lowest BCUT2D eigenvalue weighted by atomic mass is 10.1. The molecule has 2 N–H and O–H groups in total. The lowest BCUT2D eigenvalue weighted by Crippen LogP contribution is -2.05. The van der Waals surface area contributed by atoms with Crippen molar-refractivity contribution in [1.29, 1.82) is 0 Å². The van der Waals surface area contributed by atoms with E-state index in [4.69, 9.17) is 10.5 Å². The Morgan fingerprint density at radius 2 is 2.06 bits per heavy atom. The van der Waals surface area contributed by atoms with Gasteiger partial charge in [-0.15, -0.1) is 0 Å². The van der Waals surface area contributed by atoms with E-state index >= 15 is 0 Å². The molecule has 2 rings (SSSR count). The Bertz CT molecular complexity index is 558. The number of carbonyl (C=O) groups is 1. The van der Waals surface area contributed by atoms with Crippen LogP contribution in [0.5, 0.6) is 0 Å². The molecule has 1 heterocycles. The Labute approximate surface area is 105 Å². The maximum absolute atomic E-state index is 11.6. The van der Waals surface area contributed by atoms with Gasteiger partial charge in [-0.3, -0.25) is 4.68 Å². The molecule has 0 saturated carbocycles. The van der Waals surface area contributed by atoms with Crippen LogP contribution in [0.4, 0.5) is 5.69 Å². The second-order valence-corrected chi connectivity index (χ2v) is 3.88. The molecule has 0 radical (unpaired) electrons. The molecular formula is C13H15N3O2. The Morgan fingerprint density at radius 1 is 1.39 bits per heavy atom. The highest BCUT2D eigenvalue weighted by molar-refractivity contribution is 5.88. The number of rotatable bonds is 3. The van der Waals surface area contributed by atoms with Crippen LogP contribution in [-0.4, -0.2) is 22.4 Å². The molecule has 1 aromatic carbocycles. The van der Waals surface area contributed by atoms with E-state index in [-0.39, 0.29) is 0 Å². The average Bonchev–Trinajstić information content (AvgIpc) is 2.73. The normalized spacial score (nSPS) is 10.3. The van der Waals surface area contributed by atoms with Crippen LogP contribution in [0, 0.1) is 0 Å². The minimum atomic E-state index is -0.408. The van der Waals surface area contributed by atoms with Crippen molar-refractivity contribution >= 4 is 11.7 Å². The van der Waals surface area contributed by atoms with Crippen molar-refractivity contribution in [2.75, 3.05) is 12.3 Å². The predicted molar refractivity (Wildman–Crippen MR) is 69.0 cm³/mol. The minimum absolute atomic E-state index is 0.311. The standard InChI is InChI=1S/C13H15N3O2/c1-3-18-13(17)11-8-12(16(2)15-11)9-4-6-10(14)7-5-9/h4-8H,3,14H2,1-2H3. The minimum Gasteiger partial charge on any atom is -0.461 e. The summed E-state index contributed by atoms with van der Waals surface area (Å²) in [5.74, 6) is -0.408. The van der Waals surface area contributed by atoms with Crippen molar-refractivity contribution in [1.82, 2.24) is 9.78 Å². The Morgan fingerprint density at radius 3 is 2.67 bits per heavy atom. The van der Waals surface area contributed by atoms with Crippen molar-refractivity contribution in [2.24, 2.45) is 7.05 Å². The van der Waals surface area contributed by atoms with Crippen molar-refractivity contribution in [2.45, 2.75) is 6.92 Å². The smallest absolute Gasteiger partial charge is 0.358 e. The van der Waals surface area contributed by atoms with Crippen LogP contribution in [0.25, 0.3) is 11.3 Å². The monoisotopic (exact) mass is 245 g/mol. The summed E-state index contributed by atoms with van der Waals surface area (Å²) >= 11 is 0. The molecule has 18 heavy (non-hydrogen) atoms. The number of hydrogen-bond donors (Lipinski definition) is 1. The van der Waals surface area contributed by atoms with E-state index in [2.05, 4.69) is 5.10 Å². The summed E-state index contributed by atoms with van der Waals surface area (Å²) in [6.07, 6.45) is 0. The van der Waals surface area contributed by atoms with Gasteiger partial charge in [-0.1, -0.05) is 12.1 Å². The summed E-state index contributed by atoms with van der Waals surface area (Å²) in [7, 11) is 1.79. The molecule has 1 aromatic heterocycles. The lowest BCUT2D eigenvalue weighted by Gasteiger charge is -2.01. The summed E-state index contributed by atoms with van der Waals surface area (Å²) in [4.78, 5) is 11.6. The van der Waals surface area contributed by atoms with E-state index in [0.29, 0.717) is 18.0 Å². The highest BCUT2D eigenvalue weighted by Crippen LogP contribution is 2.21. The van der Waals surface area contributed by atoms with Gasteiger partial charge in [0.2, 0.25) is 0 Å². The number of aryl methyl sites for hydroxylation is 1. The molecule has 0 spiro atoms. The van der Waals surface area contributed by atoms with Crippen LogP contribution in [0.3, 0.4) is 0 Å². The summed E-state index contributed by atoms with van der Waals surface area (Å²) in [6.45, 7) is 2.11. The number of nitrogens with two attached hydrogens (primary N) is 1. The number of esters is 1. The van der Waals surface area contributed by atoms with E-state index in [9.17, 15) is 4.79 Å². The zero-order valence-corrected chi connectivity index (χ0v) is 10.4. The number of anilines is 1. The summed E-state index contributed by atoms with van der Waals surface area (Å²) in [6, 6.07) is 9.12. The average molecular weight is 245 g/mol. The third-order valence-electron chi connectivity index (χ3n) is 2.57. The predicted octanol–water partition coefficient (Wildman–Crippen LogP) is 1.85. The molecule has 0 atom stereocenters. The second kappa shape index (κ2) is 4.91. The third kappa shape index (κ3) is 2.34. The molecular weight excluding hydrogens is 230 g/mol. The second-order valence-electron chi connectivity index (χ2n) is 3.88. The molecule has 0 fully saturated rings. The Balaban J connectivity index is 2.34. The first kappa shape index (κ1) is 12.2.